The average molecular weight is 369 g/mol. The van der Waals surface area contributed by atoms with E-state index in [1.165, 1.54) is 25.7 Å². The number of anilines is 2. The molecule has 1 aliphatic carbocycles. The summed E-state index contributed by atoms with van der Waals surface area (Å²) in [6.07, 6.45) is 8.65. The highest BCUT2D eigenvalue weighted by Crippen LogP contribution is 2.31. The lowest BCUT2D eigenvalue weighted by Gasteiger charge is -2.16. The van der Waals surface area contributed by atoms with Crippen molar-refractivity contribution < 1.29 is 14.3 Å². The molecule has 0 spiro atoms. The lowest BCUT2D eigenvalue weighted by atomic mass is 10.1. The van der Waals surface area contributed by atoms with Crippen LogP contribution < -0.4 is 20.1 Å². The van der Waals surface area contributed by atoms with Crippen LogP contribution in [0.4, 0.5) is 11.5 Å². The second kappa shape index (κ2) is 9.26. The molecule has 6 nitrogen and oxygen atoms in total. The minimum absolute atomic E-state index is 0.0528. The first-order valence-corrected chi connectivity index (χ1v) is 9.45. The van der Waals surface area contributed by atoms with E-state index in [2.05, 4.69) is 15.6 Å². The molecule has 1 amide bonds. The Labute approximate surface area is 160 Å². The van der Waals surface area contributed by atoms with E-state index in [-0.39, 0.29) is 11.9 Å². The SMILES string of the molecule is COc1ccc(Nc2ccc(C(=O)NC3CCCCCC3)cn2)c(OC)c1. The van der Waals surface area contributed by atoms with Crippen LogP contribution in [0.25, 0.3) is 0 Å². The van der Waals surface area contributed by atoms with Crippen molar-refractivity contribution in [3.63, 3.8) is 0 Å². The fourth-order valence-corrected chi connectivity index (χ4v) is 3.33. The zero-order valence-electron chi connectivity index (χ0n) is 16.0. The summed E-state index contributed by atoms with van der Waals surface area (Å²) in [5.41, 5.74) is 1.35. The van der Waals surface area contributed by atoms with Crippen molar-refractivity contribution in [1.82, 2.24) is 10.3 Å². The van der Waals surface area contributed by atoms with Crippen LogP contribution in [0.15, 0.2) is 36.5 Å². The van der Waals surface area contributed by atoms with E-state index < -0.39 is 0 Å². The van der Waals surface area contributed by atoms with Gasteiger partial charge in [-0.25, -0.2) is 4.98 Å². The van der Waals surface area contributed by atoms with E-state index >= 15 is 0 Å². The molecule has 1 aliphatic rings. The molecule has 1 saturated carbocycles. The van der Waals surface area contributed by atoms with Crippen molar-refractivity contribution in [2.45, 2.75) is 44.6 Å². The van der Waals surface area contributed by atoms with Crippen LogP contribution in [0.5, 0.6) is 11.5 Å². The third kappa shape index (κ3) is 5.12. The van der Waals surface area contributed by atoms with Gasteiger partial charge in [-0.1, -0.05) is 25.7 Å². The minimum atomic E-state index is -0.0528. The predicted molar refractivity (Wildman–Crippen MR) is 106 cm³/mol. The van der Waals surface area contributed by atoms with Crippen LogP contribution in [-0.2, 0) is 0 Å². The highest BCUT2D eigenvalue weighted by molar-refractivity contribution is 5.94. The van der Waals surface area contributed by atoms with Crippen LogP contribution in [0.2, 0.25) is 0 Å². The predicted octanol–water partition coefficient (Wildman–Crippen LogP) is 4.30. The lowest BCUT2D eigenvalue weighted by Crippen LogP contribution is -2.34. The van der Waals surface area contributed by atoms with Gasteiger partial charge in [0.15, 0.2) is 0 Å². The molecule has 144 valence electrons. The first-order valence-electron chi connectivity index (χ1n) is 9.45. The van der Waals surface area contributed by atoms with Crippen molar-refractivity contribution in [3.05, 3.63) is 42.1 Å². The Kier molecular flexibility index (Phi) is 6.52. The summed E-state index contributed by atoms with van der Waals surface area (Å²) in [6, 6.07) is 9.38. The maximum absolute atomic E-state index is 12.5. The van der Waals surface area contributed by atoms with Gasteiger partial charge in [0.2, 0.25) is 0 Å². The maximum Gasteiger partial charge on any atom is 0.253 e. The number of amides is 1. The molecule has 1 aromatic carbocycles. The van der Waals surface area contributed by atoms with Gasteiger partial charge in [0.05, 0.1) is 25.5 Å². The number of nitrogens with zero attached hydrogens (tertiary/aromatic N) is 1. The molecular weight excluding hydrogens is 342 g/mol. The Morgan fingerprint density at radius 3 is 2.44 bits per heavy atom. The maximum atomic E-state index is 12.5. The van der Waals surface area contributed by atoms with Crippen LogP contribution in [0.3, 0.4) is 0 Å². The van der Waals surface area contributed by atoms with Crippen molar-refractivity contribution >= 4 is 17.4 Å². The Morgan fingerprint density at radius 2 is 1.81 bits per heavy atom. The molecule has 0 unspecified atom stereocenters. The van der Waals surface area contributed by atoms with Gasteiger partial charge < -0.3 is 20.1 Å². The molecule has 1 fully saturated rings. The Morgan fingerprint density at radius 1 is 1.04 bits per heavy atom. The topological polar surface area (TPSA) is 72.5 Å². The number of nitrogens with one attached hydrogen (secondary N) is 2. The summed E-state index contributed by atoms with van der Waals surface area (Å²) in [7, 11) is 3.22. The number of aromatic nitrogens is 1. The number of carbonyl (C=O) groups is 1. The van der Waals surface area contributed by atoms with Gasteiger partial charge in [-0.15, -0.1) is 0 Å². The lowest BCUT2D eigenvalue weighted by molar-refractivity contribution is 0.0933. The second-order valence-electron chi connectivity index (χ2n) is 6.79. The molecule has 0 saturated heterocycles. The fraction of sp³-hybridized carbons (Fsp3) is 0.429. The highest BCUT2D eigenvalue weighted by atomic mass is 16.5. The monoisotopic (exact) mass is 369 g/mol. The number of hydrogen-bond donors (Lipinski definition) is 2. The van der Waals surface area contributed by atoms with E-state index in [1.54, 1.807) is 38.6 Å². The van der Waals surface area contributed by atoms with Gasteiger partial charge in [-0.05, 0) is 37.1 Å². The van der Waals surface area contributed by atoms with Gasteiger partial charge in [0.25, 0.3) is 5.91 Å². The molecule has 0 radical (unpaired) electrons. The molecule has 0 atom stereocenters. The fourth-order valence-electron chi connectivity index (χ4n) is 3.33. The number of carbonyl (C=O) groups excluding carboxylic acids is 1. The number of methoxy groups -OCH3 is 2. The summed E-state index contributed by atoms with van der Waals surface area (Å²) in [4.78, 5) is 16.8. The molecular formula is C21H27N3O3. The van der Waals surface area contributed by atoms with Crippen LogP contribution in [-0.4, -0.2) is 31.2 Å². The molecule has 2 N–H and O–H groups in total. The Balaban J connectivity index is 1.64. The van der Waals surface area contributed by atoms with E-state index in [1.807, 2.05) is 12.1 Å². The van der Waals surface area contributed by atoms with Crippen LogP contribution >= 0.6 is 0 Å². The summed E-state index contributed by atoms with van der Waals surface area (Å²) in [5.74, 6) is 1.97. The smallest absolute Gasteiger partial charge is 0.253 e. The van der Waals surface area contributed by atoms with Gasteiger partial charge in [-0.2, -0.15) is 0 Å². The molecule has 27 heavy (non-hydrogen) atoms. The molecule has 6 heteroatoms. The van der Waals surface area contributed by atoms with Crippen molar-refractivity contribution in [1.29, 1.82) is 0 Å². The normalized spacial score (nSPS) is 14.9. The molecule has 2 aromatic rings. The number of ether oxygens (including phenoxy) is 2. The van der Waals surface area contributed by atoms with E-state index in [4.69, 9.17) is 9.47 Å². The summed E-state index contributed by atoms with van der Waals surface area (Å²) in [6.45, 7) is 0. The summed E-state index contributed by atoms with van der Waals surface area (Å²) >= 11 is 0. The second-order valence-corrected chi connectivity index (χ2v) is 6.79. The van der Waals surface area contributed by atoms with Crippen LogP contribution in [0.1, 0.15) is 48.9 Å². The van der Waals surface area contributed by atoms with Crippen LogP contribution in [0, 0.1) is 0 Å². The number of hydrogen-bond acceptors (Lipinski definition) is 5. The quantitative estimate of drug-likeness (QED) is 0.743. The van der Waals surface area contributed by atoms with Gasteiger partial charge in [0, 0.05) is 18.3 Å². The summed E-state index contributed by atoms with van der Waals surface area (Å²) < 4.78 is 10.6. The third-order valence-electron chi connectivity index (χ3n) is 4.89. The third-order valence-corrected chi connectivity index (χ3v) is 4.89. The number of rotatable bonds is 6. The minimum Gasteiger partial charge on any atom is -0.497 e. The van der Waals surface area contributed by atoms with Crippen molar-refractivity contribution in [3.8, 4) is 11.5 Å². The molecule has 3 rings (SSSR count). The average Bonchev–Trinajstić information content (AvgIpc) is 2.97. The Hall–Kier alpha value is -2.76. The molecule has 0 aliphatic heterocycles. The first-order chi connectivity index (χ1) is 13.2. The molecule has 1 heterocycles. The van der Waals surface area contributed by atoms with Crippen molar-refractivity contribution in [2.24, 2.45) is 0 Å². The van der Waals surface area contributed by atoms with Crippen molar-refractivity contribution in [2.75, 3.05) is 19.5 Å². The van der Waals surface area contributed by atoms with Gasteiger partial charge >= 0.3 is 0 Å². The highest BCUT2D eigenvalue weighted by Gasteiger charge is 2.16. The molecule has 0 bridgehead atoms. The Bertz CT molecular complexity index is 754. The number of pyridine rings is 1. The van der Waals surface area contributed by atoms with E-state index in [9.17, 15) is 4.79 Å². The zero-order valence-corrected chi connectivity index (χ0v) is 16.0. The molecule has 1 aromatic heterocycles. The van der Waals surface area contributed by atoms with E-state index in [0.29, 0.717) is 17.1 Å². The summed E-state index contributed by atoms with van der Waals surface area (Å²) in [5, 5.41) is 6.35. The standard InChI is InChI=1S/C21H27N3O3/c1-26-17-10-11-18(19(13-17)27-2)24-20-12-9-15(14-22-20)21(25)23-16-7-5-3-4-6-8-16/h9-14,16H,3-8H2,1-2H3,(H,22,24)(H,23,25). The van der Waals surface area contributed by atoms with Gasteiger partial charge in [0.1, 0.15) is 17.3 Å². The van der Waals surface area contributed by atoms with Gasteiger partial charge in [-0.3, -0.25) is 4.79 Å². The largest absolute Gasteiger partial charge is 0.497 e. The van der Waals surface area contributed by atoms with E-state index in [0.717, 1.165) is 24.3 Å². The zero-order chi connectivity index (χ0) is 19.1. The number of benzene rings is 1. The first kappa shape index (κ1) is 19.0.